The van der Waals surface area contributed by atoms with Crippen molar-refractivity contribution in [2.24, 2.45) is 0 Å². The number of benzene rings is 2. The van der Waals surface area contributed by atoms with E-state index in [9.17, 15) is 10.2 Å². The average molecular weight is 340 g/mol. The molecular formula is C17H19Cl2NO2. The summed E-state index contributed by atoms with van der Waals surface area (Å²) < 4.78 is 0. The number of phenolic OH excluding ortho intramolecular Hbond substituents is 1. The fourth-order valence-electron chi connectivity index (χ4n) is 2.40. The first kappa shape index (κ1) is 17.1. The summed E-state index contributed by atoms with van der Waals surface area (Å²) in [6, 6.07) is 13.3. The molecule has 2 aromatic carbocycles. The van der Waals surface area contributed by atoms with Crippen LogP contribution >= 0.6 is 23.2 Å². The van der Waals surface area contributed by atoms with Crippen molar-refractivity contribution in [3.63, 3.8) is 0 Å². The molecule has 5 heteroatoms. The lowest BCUT2D eigenvalue weighted by Crippen LogP contribution is -2.22. The number of aliphatic hydroxyl groups excluding tert-OH is 1. The highest BCUT2D eigenvalue weighted by atomic mass is 35.5. The van der Waals surface area contributed by atoms with Crippen LogP contribution in [0, 0.1) is 0 Å². The Morgan fingerprint density at radius 2 is 1.82 bits per heavy atom. The standard InChI is InChI=1S/C17H19Cl2NO2/c18-15-8-14(17(22)16(19)9-15)11-20-10-13(6-7-21)12-4-2-1-3-5-12/h1-5,8-9,13,20-22H,6-7,10-11H2. The van der Waals surface area contributed by atoms with Crippen LogP contribution in [0.3, 0.4) is 0 Å². The second kappa shape index (κ2) is 8.39. The van der Waals surface area contributed by atoms with Gasteiger partial charge in [0, 0.05) is 30.3 Å². The van der Waals surface area contributed by atoms with Crippen molar-refractivity contribution in [1.29, 1.82) is 0 Å². The number of aliphatic hydroxyl groups is 1. The Hall–Kier alpha value is -1.26. The second-order valence-electron chi connectivity index (χ2n) is 5.15. The highest BCUT2D eigenvalue weighted by Crippen LogP contribution is 2.31. The van der Waals surface area contributed by atoms with Gasteiger partial charge in [-0.15, -0.1) is 0 Å². The number of nitrogens with one attached hydrogen (secondary N) is 1. The molecule has 2 aromatic rings. The molecule has 0 aliphatic rings. The molecular weight excluding hydrogens is 321 g/mol. The topological polar surface area (TPSA) is 52.5 Å². The zero-order valence-corrected chi connectivity index (χ0v) is 13.6. The maximum Gasteiger partial charge on any atom is 0.138 e. The van der Waals surface area contributed by atoms with Gasteiger partial charge in [-0.05, 0) is 30.0 Å². The highest BCUT2D eigenvalue weighted by molar-refractivity contribution is 6.35. The average Bonchev–Trinajstić information content (AvgIpc) is 2.52. The second-order valence-corrected chi connectivity index (χ2v) is 5.99. The van der Waals surface area contributed by atoms with Crippen LogP contribution in [0.2, 0.25) is 10.0 Å². The molecule has 0 heterocycles. The van der Waals surface area contributed by atoms with E-state index in [4.69, 9.17) is 23.2 Å². The SMILES string of the molecule is OCCC(CNCc1cc(Cl)cc(Cl)c1O)c1ccccc1. The van der Waals surface area contributed by atoms with Crippen LogP contribution < -0.4 is 5.32 Å². The van der Waals surface area contributed by atoms with Gasteiger partial charge in [-0.25, -0.2) is 0 Å². The first-order valence-corrected chi connectivity index (χ1v) is 7.90. The van der Waals surface area contributed by atoms with Crippen LogP contribution in [0.1, 0.15) is 23.5 Å². The van der Waals surface area contributed by atoms with E-state index in [1.54, 1.807) is 6.07 Å². The van der Waals surface area contributed by atoms with Crippen LogP contribution in [-0.2, 0) is 6.54 Å². The Morgan fingerprint density at radius 3 is 2.50 bits per heavy atom. The van der Waals surface area contributed by atoms with Crippen molar-refractivity contribution in [3.05, 3.63) is 63.6 Å². The molecule has 0 aromatic heterocycles. The van der Waals surface area contributed by atoms with Crippen LogP contribution in [0.15, 0.2) is 42.5 Å². The third-order valence-corrected chi connectivity index (χ3v) is 4.07. The summed E-state index contributed by atoms with van der Waals surface area (Å²) in [4.78, 5) is 0. The van der Waals surface area contributed by atoms with Crippen molar-refractivity contribution in [2.75, 3.05) is 13.2 Å². The van der Waals surface area contributed by atoms with Gasteiger partial charge >= 0.3 is 0 Å². The Bertz CT molecular complexity index is 605. The monoisotopic (exact) mass is 339 g/mol. The van der Waals surface area contributed by atoms with E-state index in [1.165, 1.54) is 11.6 Å². The fraction of sp³-hybridized carbons (Fsp3) is 0.294. The van der Waals surface area contributed by atoms with E-state index in [2.05, 4.69) is 17.4 Å². The minimum absolute atomic E-state index is 0.0528. The molecule has 0 aliphatic carbocycles. The predicted molar refractivity (Wildman–Crippen MR) is 90.7 cm³/mol. The van der Waals surface area contributed by atoms with Crippen molar-refractivity contribution in [3.8, 4) is 5.75 Å². The summed E-state index contributed by atoms with van der Waals surface area (Å²) in [7, 11) is 0. The zero-order chi connectivity index (χ0) is 15.9. The molecule has 0 bridgehead atoms. The van der Waals surface area contributed by atoms with Crippen LogP contribution in [-0.4, -0.2) is 23.4 Å². The lowest BCUT2D eigenvalue weighted by atomic mass is 9.96. The zero-order valence-electron chi connectivity index (χ0n) is 12.1. The molecule has 0 spiro atoms. The van der Waals surface area contributed by atoms with E-state index >= 15 is 0 Å². The summed E-state index contributed by atoms with van der Waals surface area (Å²) in [6.07, 6.45) is 0.680. The maximum absolute atomic E-state index is 9.94. The van der Waals surface area contributed by atoms with Gasteiger partial charge in [0.05, 0.1) is 5.02 Å². The summed E-state index contributed by atoms with van der Waals surface area (Å²) in [6.45, 7) is 1.28. The van der Waals surface area contributed by atoms with Crippen molar-refractivity contribution < 1.29 is 10.2 Å². The lowest BCUT2D eigenvalue weighted by molar-refractivity contribution is 0.273. The number of aromatic hydroxyl groups is 1. The molecule has 118 valence electrons. The number of hydrogen-bond acceptors (Lipinski definition) is 3. The Labute approximate surface area is 140 Å². The Kier molecular flexibility index (Phi) is 6.52. The van der Waals surface area contributed by atoms with Gasteiger partial charge in [-0.3, -0.25) is 0 Å². The summed E-state index contributed by atoms with van der Waals surface area (Å²) in [5.74, 6) is 0.264. The summed E-state index contributed by atoms with van der Waals surface area (Å²) >= 11 is 11.9. The highest BCUT2D eigenvalue weighted by Gasteiger charge is 2.12. The number of hydrogen-bond donors (Lipinski definition) is 3. The van der Waals surface area contributed by atoms with Crippen LogP contribution in [0.25, 0.3) is 0 Å². The van der Waals surface area contributed by atoms with Gasteiger partial charge < -0.3 is 15.5 Å². The molecule has 22 heavy (non-hydrogen) atoms. The Balaban J connectivity index is 1.99. The van der Waals surface area contributed by atoms with Crippen molar-refractivity contribution in [1.82, 2.24) is 5.32 Å². The first-order chi connectivity index (χ1) is 10.6. The lowest BCUT2D eigenvalue weighted by Gasteiger charge is -2.17. The predicted octanol–water partition coefficient (Wildman–Crippen LogP) is 3.95. The fourth-order valence-corrected chi connectivity index (χ4v) is 2.94. The van der Waals surface area contributed by atoms with Gasteiger partial charge in [-0.2, -0.15) is 0 Å². The summed E-state index contributed by atoms with van der Waals surface area (Å²) in [5, 5.41) is 23.2. The van der Waals surface area contributed by atoms with Gasteiger partial charge in [0.2, 0.25) is 0 Å². The maximum atomic E-state index is 9.94. The number of rotatable bonds is 7. The Morgan fingerprint density at radius 1 is 1.09 bits per heavy atom. The van der Waals surface area contributed by atoms with E-state index in [-0.39, 0.29) is 23.3 Å². The number of phenols is 1. The molecule has 1 unspecified atom stereocenters. The molecule has 3 N–H and O–H groups in total. The van der Waals surface area contributed by atoms with Crippen LogP contribution in [0.4, 0.5) is 0 Å². The minimum atomic E-state index is 0.0528. The summed E-state index contributed by atoms with van der Waals surface area (Å²) in [5.41, 5.74) is 1.84. The minimum Gasteiger partial charge on any atom is -0.506 e. The molecule has 0 amide bonds. The van der Waals surface area contributed by atoms with E-state index in [0.717, 1.165) is 0 Å². The van der Waals surface area contributed by atoms with Gasteiger partial charge in [0.1, 0.15) is 5.75 Å². The van der Waals surface area contributed by atoms with Gasteiger partial charge in [0.15, 0.2) is 0 Å². The molecule has 0 aliphatic heterocycles. The quantitative estimate of drug-likeness (QED) is 0.715. The van der Waals surface area contributed by atoms with Gasteiger partial charge in [-0.1, -0.05) is 53.5 Å². The molecule has 2 rings (SSSR count). The third kappa shape index (κ3) is 4.62. The van der Waals surface area contributed by atoms with E-state index in [1.807, 2.05) is 18.2 Å². The molecule has 0 saturated carbocycles. The molecule has 3 nitrogen and oxygen atoms in total. The first-order valence-electron chi connectivity index (χ1n) is 7.15. The normalized spacial score (nSPS) is 12.3. The van der Waals surface area contributed by atoms with Crippen molar-refractivity contribution >= 4 is 23.2 Å². The largest absolute Gasteiger partial charge is 0.506 e. The third-order valence-electron chi connectivity index (χ3n) is 3.56. The smallest absolute Gasteiger partial charge is 0.138 e. The number of halogens is 2. The molecule has 1 atom stereocenters. The molecule has 0 radical (unpaired) electrons. The van der Waals surface area contributed by atoms with Crippen molar-refractivity contribution in [2.45, 2.75) is 18.9 Å². The van der Waals surface area contributed by atoms with E-state index in [0.29, 0.717) is 30.1 Å². The molecule has 0 saturated heterocycles. The van der Waals surface area contributed by atoms with Gasteiger partial charge in [0.25, 0.3) is 0 Å². The molecule has 0 fully saturated rings. The van der Waals surface area contributed by atoms with Crippen LogP contribution in [0.5, 0.6) is 5.75 Å². The van der Waals surface area contributed by atoms with E-state index < -0.39 is 0 Å².